The normalized spacial score (nSPS) is 13.1. The van der Waals surface area contributed by atoms with Crippen LogP contribution in [0.25, 0.3) is 0 Å². The number of hydrogen-bond donors (Lipinski definition) is 1. The van der Waals surface area contributed by atoms with Crippen molar-refractivity contribution in [3.63, 3.8) is 0 Å². The molecule has 1 unspecified atom stereocenters. The lowest BCUT2D eigenvalue weighted by atomic mass is 10.1. The van der Waals surface area contributed by atoms with Gasteiger partial charge in [0.15, 0.2) is 0 Å². The third kappa shape index (κ3) is 4.09. The van der Waals surface area contributed by atoms with Crippen molar-refractivity contribution in [3.05, 3.63) is 33.9 Å². The van der Waals surface area contributed by atoms with Crippen LogP contribution in [-0.2, 0) is 10.9 Å². The van der Waals surface area contributed by atoms with Gasteiger partial charge < -0.3 is 10.1 Å². The van der Waals surface area contributed by atoms with E-state index in [0.29, 0.717) is 6.07 Å². The molecular weight excluding hydrogens is 265 g/mol. The van der Waals surface area contributed by atoms with Crippen molar-refractivity contribution in [1.29, 1.82) is 0 Å². The van der Waals surface area contributed by atoms with E-state index in [1.807, 2.05) is 0 Å². The van der Waals surface area contributed by atoms with Crippen LogP contribution in [0.2, 0.25) is 0 Å². The summed E-state index contributed by atoms with van der Waals surface area (Å²) in [5.41, 5.74) is -1.63. The van der Waals surface area contributed by atoms with Crippen LogP contribution in [0, 0.1) is 10.1 Å². The molecule has 0 radical (unpaired) electrons. The molecular formula is C11H13F3N2O3. The summed E-state index contributed by atoms with van der Waals surface area (Å²) in [5, 5.41) is 13.5. The number of nitro benzene ring substituents is 1. The number of hydrogen-bond acceptors (Lipinski definition) is 4. The third-order valence-corrected chi connectivity index (χ3v) is 2.50. The first-order valence-corrected chi connectivity index (χ1v) is 5.38. The minimum atomic E-state index is -4.61. The lowest BCUT2D eigenvalue weighted by molar-refractivity contribution is -0.384. The zero-order valence-corrected chi connectivity index (χ0v) is 10.3. The van der Waals surface area contributed by atoms with Crippen molar-refractivity contribution in [2.24, 2.45) is 0 Å². The number of nitrogens with one attached hydrogen (secondary N) is 1. The van der Waals surface area contributed by atoms with E-state index in [9.17, 15) is 23.3 Å². The molecule has 0 amide bonds. The van der Waals surface area contributed by atoms with E-state index in [1.165, 1.54) is 7.11 Å². The van der Waals surface area contributed by atoms with E-state index >= 15 is 0 Å². The van der Waals surface area contributed by atoms with Crippen LogP contribution >= 0.6 is 0 Å². The second-order valence-corrected chi connectivity index (χ2v) is 3.91. The fourth-order valence-electron chi connectivity index (χ4n) is 1.35. The molecule has 0 fully saturated rings. The molecule has 8 heteroatoms. The summed E-state index contributed by atoms with van der Waals surface area (Å²) in [6, 6.07) is 2.36. The summed E-state index contributed by atoms with van der Waals surface area (Å²) in [4.78, 5) is 9.93. The van der Waals surface area contributed by atoms with Gasteiger partial charge in [0.2, 0.25) is 0 Å². The first kappa shape index (κ1) is 15.2. The van der Waals surface area contributed by atoms with E-state index in [0.717, 1.165) is 12.1 Å². The van der Waals surface area contributed by atoms with Crippen LogP contribution in [0.4, 0.5) is 24.5 Å². The highest BCUT2D eigenvalue weighted by molar-refractivity contribution is 5.63. The second kappa shape index (κ2) is 5.87. The number of ether oxygens (including phenoxy) is 1. The number of benzene rings is 1. The quantitative estimate of drug-likeness (QED) is 0.664. The molecule has 1 N–H and O–H groups in total. The highest BCUT2D eigenvalue weighted by Crippen LogP contribution is 2.34. The fraction of sp³-hybridized carbons (Fsp3) is 0.455. The molecule has 0 aromatic heterocycles. The van der Waals surface area contributed by atoms with E-state index in [4.69, 9.17) is 4.74 Å². The molecule has 1 aromatic carbocycles. The molecule has 0 saturated carbocycles. The highest BCUT2D eigenvalue weighted by atomic mass is 19.4. The Morgan fingerprint density at radius 1 is 1.47 bits per heavy atom. The Labute approximate surface area is 107 Å². The molecule has 19 heavy (non-hydrogen) atoms. The SMILES string of the molecule is COC(C)CNc1ccc(C(F)(F)F)cc1[N+](=O)[O-]. The molecule has 5 nitrogen and oxygen atoms in total. The molecule has 1 atom stereocenters. The number of nitrogens with zero attached hydrogens (tertiary/aromatic N) is 1. The van der Waals surface area contributed by atoms with Gasteiger partial charge in [0.1, 0.15) is 5.69 Å². The summed E-state index contributed by atoms with van der Waals surface area (Å²) in [7, 11) is 1.47. The van der Waals surface area contributed by atoms with Crippen LogP contribution in [0.5, 0.6) is 0 Å². The van der Waals surface area contributed by atoms with E-state index in [1.54, 1.807) is 6.92 Å². The zero-order chi connectivity index (χ0) is 14.6. The van der Waals surface area contributed by atoms with Crippen molar-refractivity contribution in [2.75, 3.05) is 19.0 Å². The minimum Gasteiger partial charge on any atom is -0.380 e. The van der Waals surface area contributed by atoms with Crippen molar-refractivity contribution >= 4 is 11.4 Å². The zero-order valence-electron chi connectivity index (χ0n) is 10.3. The molecule has 0 spiro atoms. The van der Waals surface area contributed by atoms with E-state index in [-0.39, 0.29) is 18.3 Å². The van der Waals surface area contributed by atoms with E-state index in [2.05, 4.69) is 5.32 Å². The van der Waals surface area contributed by atoms with Crippen LogP contribution in [0.3, 0.4) is 0 Å². The Balaban J connectivity index is 3.02. The van der Waals surface area contributed by atoms with Gasteiger partial charge in [0.05, 0.1) is 16.6 Å². The average Bonchev–Trinajstić information content (AvgIpc) is 2.34. The molecule has 0 heterocycles. The third-order valence-electron chi connectivity index (χ3n) is 2.50. The molecule has 1 aromatic rings. The Kier molecular flexibility index (Phi) is 4.71. The molecule has 0 aliphatic heterocycles. The van der Waals surface area contributed by atoms with Gasteiger partial charge in [-0.15, -0.1) is 0 Å². The van der Waals surface area contributed by atoms with Gasteiger partial charge in [0.25, 0.3) is 5.69 Å². The van der Waals surface area contributed by atoms with Gasteiger partial charge in [-0.3, -0.25) is 10.1 Å². The second-order valence-electron chi connectivity index (χ2n) is 3.91. The molecule has 0 aliphatic rings. The Morgan fingerprint density at radius 2 is 2.11 bits per heavy atom. The predicted octanol–water partition coefficient (Wildman–Crippen LogP) is 3.06. The van der Waals surface area contributed by atoms with Crippen LogP contribution in [-0.4, -0.2) is 24.7 Å². The molecule has 0 bridgehead atoms. The van der Waals surface area contributed by atoms with Crippen molar-refractivity contribution in [3.8, 4) is 0 Å². The van der Waals surface area contributed by atoms with Gasteiger partial charge in [-0.2, -0.15) is 13.2 Å². The topological polar surface area (TPSA) is 64.4 Å². The Hall–Kier alpha value is -1.83. The summed E-state index contributed by atoms with van der Waals surface area (Å²) < 4.78 is 42.3. The first-order valence-electron chi connectivity index (χ1n) is 5.38. The predicted molar refractivity (Wildman–Crippen MR) is 63.1 cm³/mol. The number of halogens is 3. The first-order chi connectivity index (χ1) is 8.75. The fourth-order valence-corrected chi connectivity index (χ4v) is 1.35. The summed E-state index contributed by atoms with van der Waals surface area (Å²) in [5.74, 6) is 0. The minimum absolute atomic E-state index is 0.0295. The maximum Gasteiger partial charge on any atom is 0.416 e. The Bertz CT molecular complexity index is 463. The lowest BCUT2D eigenvalue weighted by Crippen LogP contribution is -2.18. The standard InChI is InChI=1S/C11H13F3N2O3/c1-7(19-2)6-15-9-4-3-8(11(12,13)14)5-10(9)16(17)18/h3-5,7,15H,6H2,1-2H3. The summed E-state index contributed by atoms with van der Waals surface area (Å²) in [6.07, 6.45) is -4.83. The van der Waals surface area contributed by atoms with Crippen molar-refractivity contribution < 1.29 is 22.8 Å². The van der Waals surface area contributed by atoms with Gasteiger partial charge in [-0.25, -0.2) is 0 Å². The molecule has 0 aliphatic carbocycles. The summed E-state index contributed by atoms with van der Waals surface area (Å²) in [6.45, 7) is 1.98. The van der Waals surface area contributed by atoms with Gasteiger partial charge >= 0.3 is 6.18 Å². The number of methoxy groups -OCH3 is 1. The van der Waals surface area contributed by atoms with Crippen molar-refractivity contribution in [2.45, 2.75) is 19.2 Å². The Morgan fingerprint density at radius 3 is 2.58 bits per heavy atom. The van der Waals surface area contributed by atoms with Crippen LogP contribution in [0.1, 0.15) is 12.5 Å². The van der Waals surface area contributed by atoms with Gasteiger partial charge in [-0.05, 0) is 19.1 Å². The smallest absolute Gasteiger partial charge is 0.380 e. The van der Waals surface area contributed by atoms with Crippen molar-refractivity contribution in [1.82, 2.24) is 0 Å². The average molecular weight is 278 g/mol. The maximum absolute atomic E-state index is 12.5. The van der Waals surface area contributed by atoms with Gasteiger partial charge in [0, 0.05) is 19.7 Å². The molecule has 1 rings (SSSR count). The molecule has 0 saturated heterocycles. The molecule has 106 valence electrons. The van der Waals surface area contributed by atoms with Crippen LogP contribution < -0.4 is 5.32 Å². The number of nitro groups is 1. The number of rotatable bonds is 5. The van der Waals surface area contributed by atoms with Crippen LogP contribution in [0.15, 0.2) is 18.2 Å². The number of alkyl halides is 3. The van der Waals surface area contributed by atoms with E-state index < -0.39 is 22.4 Å². The largest absolute Gasteiger partial charge is 0.416 e. The summed E-state index contributed by atoms with van der Waals surface area (Å²) >= 11 is 0. The maximum atomic E-state index is 12.5. The van der Waals surface area contributed by atoms with Gasteiger partial charge in [-0.1, -0.05) is 0 Å². The highest BCUT2D eigenvalue weighted by Gasteiger charge is 2.33. The monoisotopic (exact) mass is 278 g/mol. The number of anilines is 1. The lowest BCUT2D eigenvalue weighted by Gasteiger charge is -2.13.